The minimum absolute atomic E-state index is 0.0519. The van der Waals surface area contributed by atoms with Crippen molar-refractivity contribution in [1.29, 1.82) is 0 Å². The molecule has 0 aliphatic heterocycles. The number of halogens is 2. The number of nitrogens with one attached hydrogen (secondary N) is 2. The molecule has 1 aromatic heterocycles. The van der Waals surface area contributed by atoms with Crippen LogP contribution in [0.2, 0.25) is 0 Å². The Bertz CT molecular complexity index is 640. The normalized spacial score (nSPS) is 10.4. The SMILES string of the molecule is CCOc1cc(CNC(=O)Nc2nncs2)ccc1OC(F)F. The first-order chi connectivity index (χ1) is 11.1. The number of aromatic nitrogens is 2. The number of nitrogens with zero attached hydrogens (tertiary/aromatic N) is 2. The second-order valence-electron chi connectivity index (χ2n) is 4.14. The Morgan fingerprint density at radius 3 is 2.87 bits per heavy atom. The van der Waals surface area contributed by atoms with Gasteiger partial charge in [0, 0.05) is 6.54 Å². The summed E-state index contributed by atoms with van der Waals surface area (Å²) in [5.74, 6) is 0.139. The van der Waals surface area contributed by atoms with Crippen LogP contribution in [0.5, 0.6) is 11.5 Å². The number of benzene rings is 1. The Balaban J connectivity index is 1.96. The second kappa shape index (κ2) is 8.22. The van der Waals surface area contributed by atoms with E-state index < -0.39 is 12.6 Å². The van der Waals surface area contributed by atoms with E-state index in [-0.39, 0.29) is 18.0 Å². The fourth-order valence-electron chi connectivity index (χ4n) is 1.68. The zero-order valence-corrected chi connectivity index (χ0v) is 12.9. The quantitative estimate of drug-likeness (QED) is 0.807. The third kappa shape index (κ3) is 5.33. The lowest BCUT2D eigenvalue weighted by molar-refractivity contribution is -0.0514. The third-order valence-corrected chi connectivity index (χ3v) is 3.16. The number of hydrogen-bond donors (Lipinski definition) is 2. The Morgan fingerprint density at radius 2 is 2.22 bits per heavy atom. The highest BCUT2D eigenvalue weighted by atomic mass is 32.1. The molecule has 2 rings (SSSR count). The summed E-state index contributed by atoms with van der Waals surface area (Å²) in [5.41, 5.74) is 2.16. The standard InChI is InChI=1S/C13H14F2N4O3S/c1-2-21-10-5-8(3-4-9(10)22-11(14)15)6-16-12(20)18-13-19-17-7-23-13/h3-5,7,11H,2,6H2,1H3,(H2,16,18,19,20). The highest BCUT2D eigenvalue weighted by Gasteiger charge is 2.12. The number of carbonyl (C=O) groups is 1. The minimum Gasteiger partial charge on any atom is -0.490 e. The van der Waals surface area contributed by atoms with Crippen molar-refractivity contribution in [2.24, 2.45) is 0 Å². The molecule has 0 bridgehead atoms. The van der Waals surface area contributed by atoms with Crippen LogP contribution >= 0.6 is 11.3 Å². The van der Waals surface area contributed by atoms with E-state index in [1.54, 1.807) is 13.0 Å². The Hall–Kier alpha value is -2.49. The number of ether oxygens (including phenoxy) is 2. The van der Waals surface area contributed by atoms with Crippen molar-refractivity contribution in [2.45, 2.75) is 20.1 Å². The largest absolute Gasteiger partial charge is 0.490 e. The molecule has 0 saturated carbocycles. The molecule has 0 aliphatic rings. The first-order valence-electron chi connectivity index (χ1n) is 6.60. The fraction of sp³-hybridized carbons (Fsp3) is 0.308. The molecule has 10 heteroatoms. The van der Waals surface area contributed by atoms with Crippen LogP contribution in [-0.2, 0) is 6.54 Å². The van der Waals surface area contributed by atoms with Gasteiger partial charge in [0.2, 0.25) is 5.13 Å². The van der Waals surface area contributed by atoms with Gasteiger partial charge in [-0.1, -0.05) is 17.4 Å². The monoisotopic (exact) mass is 344 g/mol. The summed E-state index contributed by atoms with van der Waals surface area (Å²) in [5, 5.41) is 12.8. The maximum atomic E-state index is 12.3. The van der Waals surface area contributed by atoms with Gasteiger partial charge in [-0.25, -0.2) is 4.79 Å². The topological polar surface area (TPSA) is 85.4 Å². The van der Waals surface area contributed by atoms with Crippen LogP contribution in [0.3, 0.4) is 0 Å². The number of hydrogen-bond acceptors (Lipinski definition) is 6. The van der Waals surface area contributed by atoms with Gasteiger partial charge >= 0.3 is 12.6 Å². The van der Waals surface area contributed by atoms with Gasteiger partial charge in [-0.15, -0.1) is 10.2 Å². The molecule has 2 aromatic rings. The van der Waals surface area contributed by atoms with Crippen LogP contribution in [-0.4, -0.2) is 29.4 Å². The fourth-order valence-corrected chi connectivity index (χ4v) is 2.12. The molecule has 0 atom stereocenters. The van der Waals surface area contributed by atoms with Crippen molar-refractivity contribution < 1.29 is 23.0 Å². The van der Waals surface area contributed by atoms with Crippen LogP contribution in [0.25, 0.3) is 0 Å². The highest BCUT2D eigenvalue weighted by Crippen LogP contribution is 2.29. The summed E-state index contributed by atoms with van der Waals surface area (Å²) in [4.78, 5) is 11.7. The van der Waals surface area contributed by atoms with Crippen LogP contribution < -0.4 is 20.1 Å². The van der Waals surface area contributed by atoms with E-state index in [0.29, 0.717) is 17.3 Å². The molecule has 1 heterocycles. The summed E-state index contributed by atoms with van der Waals surface area (Å²) in [6.45, 7) is -0.726. The van der Waals surface area contributed by atoms with E-state index in [1.165, 1.54) is 29.0 Å². The smallest absolute Gasteiger partial charge is 0.387 e. The molecule has 2 N–H and O–H groups in total. The summed E-state index contributed by atoms with van der Waals surface area (Å²) >= 11 is 1.19. The summed E-state index contributed by atoms with van der Waals surface area (Å²) < 4.78 is 34.3. The van der Waals surface area contributed by atoms with Crippen LogP contribution in [0.15, 0.2) is 23.7 Å². The molecule has 0 saturated heterocycles. The zero-order valence-electron chi connectivity index (χ0n) is 12.1. The Labute approximate surface area is 134 Å². The number of carbonyl (C=O) groups excluding carboxylic acids is 1. The molecule has 1 aromatic carbocycles. The van der Waals surface area contributed by atoms with Gasteiger partial charge in [0.05, 0.1) is 6.61 Å². The maximum Gasteiger partial charge on any atom is 0.387 e. The number of urea groups is 1. The van der Waals surface area contributed by atoms with Gasteiger partial charge in [-0.2, -0.15) is 8.78 Å². The van der Waals surface area contributed by atoms with Crippen molar-refractivity contribution >= 4 is 22.5 Å². The van der Waals surface area contributed by atoms with Crippen molar-refractivity contribution in [3.8, 4) is 11.5 Å². The number of rotatable bonds is 7. The predicted molar refractivity (Wildman–Crippen MR) is 80.0 cm³/mol. The van der Waals surface area contributed by atoms with E-state index in [2.05, 4.69) is 25.6 Å². The Morgan fingerprint density at radius 1 is 1.39 bits per heavy atom. The average Bonchev–Trinajstić information content (AvgIpc) is 3.00. The molecule has 124 valence electrons. The van der Waals surface area contributed by atoms with Gasteiger partial charge in [-0.3, -0.25) is 5.32 Å². The van der Waals surface area contributed by atoms with E-state index in [0.717, 1.165) is 0 Å². The number of anilines is 1. The third-order valence-electron chi connectivity index (χ3n) is 2.56. The first-order valence-corrected chi connectivity index (χ1v) is 7.48. The lowest BCUT2D eigenvalue weighted by Gasteiger charge is -2.13. The lowest BCUT2D eigenvalue weighted by atomic mass is 10.2. The summed E-state index contributed by atoms with van der Waals surface area (Å²) in [6.07, 6.45) is 0. The number of alkyl halides is 2. The number of amides is 2. The van der Waals surface area contributed by atoms with E-state index in [4.69, 9.17) is 4.74 Å². The van der Waals surface area contributed by atoms with Gasteiger partial charge in [-0.05, 0) is 24.6 Å². The molecule has 7 nitrogen and oxygen atoms in total. The molecule has 0 fully saturated rings. The van der Waals surface area contributed by atoms with Crippen molar-refractivity contribution in [2.75, 3.05) is 11.9 Å². The molecular formula is C13H14F2N4O3S. The lowest BCUT2D eigenvalue weighted by Crippen LogP contribution is -2.28. The van der Waals surface area contributed by atoms with Crippen LogP contribution in [0, 0.1) is 0 Å². The summed E-state index contributed by atoms with van der Waals surface area (Å²) in [7, 11) is 0. The Kier molecular flexibility index (Phi) is 6.03. The predicted octanol–water partition coefficient (Wildman–Crippen LogP) is 2.86. The van der Waals surface area contributed by atoms with E-state index in [9.17, 15) is 13.6 Å². The van der Waals surface area contributed by atoms with Gasteiger partial charge in [0.25, 0.3) is 0 Å². The molecular weight excluding hydrogens is 330 g/mol. The molecule has 0 aliphatic carbocycles. The van der Waals surface area contributed by atoms with E-state index in [1.807, 2.05) is 0 Å². The van der Waals surface area contributed by atoms with Crippen LogP contribution in [0.4, 0.5) is 18.7 Å². The van der Waals surface area contributed by atoms with Gasteiger partial charge in [0.1, 0.15) is 5.51 Å². The zero-order chi connectivity index (χ0) is 16.7. The van der Waals surface area contributed by atoms with Gasteiger partial charge in [0.15, 0.2) is 11.5 Å². The van der Waals surface area contributed by atoms with E-state index >= 15 is 0 Å². The molecule has 0 radical (unpaired) electrons. The first kappa shape index (κ1) is 16.9. The molecule has 0 unspecified atom stereocenters. The summed E-state index contributed by atoms with van der Waals surface area (Å²) in [6, 6.07) is 4.02. The minimum atomic E-state index is -2.93. The molecule has 23 heavy (non-hydrogen) atoms. The molecule has 2 amide bonds. The average molecular weight is 344 g/mol. The second-order valence-corrected chi connectivity index (χ2v) is 4.98. The van der Waals surface area contributed by atoms with Crippen LogP contribution in [0.1, 0.15) is 12.5 Å². The molecule has 0 spiro atoms. The highest BCUT2D eigenvalue weighted by molar-refractivity contribution is 7.13. The van der Waals surface area contributed by atoms with Crippen molar-refractivity contribution in [3.05, 3.63) is 29.3 Å². The van der Waals surface area contributed by atoms with Crippen molar-refractivity contribution in [3.63, 3.8) is 0 Å². The maximum absolute atomic E-state index is 12.3. The van der Waals surface area contributed by atoms with Gasteiger partial charge < -0.3 is 14.8 Å². The van der Waals surface area contributed by atoms with Crippen molar-refractivity contribution in [1.82, 2.24) is 15.5 Å².